The maximum absolute atomic E-state index is 12.8. The lowest BCUT2D eigenvalue weighted by Crippen LogP contribution is -2.41. The van der Waals surface area contributed by atoms with Crippen molar-refractivity contribution in [3.8, 4) is 0 Å². The first-order chi connectivity index (χ1) is 15.5. The summed E-state index contributed by atoms with van der Waals surface area (Å²) < 4.78 is 27.0. The molecule has 1 saturated carbocycles. The molecule has 2 fully saturated rings. The van der Waals surface area contributed by atoms with Crippen LogP contribution >= 0.6 is 0 Å². The highest BCUT2D eigenvalue weighted by Crippen LogP contribution is 2.35. The number of benzene rings is 2. The number of sulfonamides is 1. The van der Waals surface area contributed by atoms with Crippen LogP contribution in [0.1, 0.15) is 49.4 Å². The van der Waals surface area contributed by atoms with Crippen LogP contribution in [0.4, 0.5) is 5.69 Å². The van der Waals surface area contributed by atoms with Gasteiger partial charge in [-0.1, -0.05) is 36.8 Å². The maximum atomic E-state index is 12.8. The molecule has 5 rings (SSSR count). The number of nitrogens with one attached hydrogen (secondary N) is 2. The van der Waals surface area contributed by atoms with Crippen LogP contribution in [0.5, 0.6) is 0 Å². The van der Waals surface area contributed by atoms with Crippen LogP contribution in [0.3, 0.4) is 0 Å². The van der Waals surface area contributed by atoms with E-state index >= 15 is 0 Å². The third-order valence-corrected chi connectivity index (χ3v) is 8.52. The monoisotopic (exact) mass is 452 g/mol. The number of hydrogen-bond acceptors (Lipinski definition) is 4. The first-order valence-corrected chi connectivity index (χ1v) is 12.9. The zero-order valence-electron chi connectivity index (χ0n) is 18.0. The average molecular weight is 453 g/mol. The molecule has 0 spiro atoms. The Hall–Kier alpha value is -2.71. The van der Waals surface area contributed by atoms with Crippen molar-refractivity contribution in [2.24, 2.45) is 5.92 Å². The van der Waals surface area contributed by atoms with E-state index in [9.17, 15) is 13.2 Å². The molecule has 2 aromatic carbocycles. The molecule has 1 aromatic heterocycles. The molecular formula is C24H28N4O3S. The van der Waals surface area contributed by atoms with E-state index in [-0.39, 0.29) is 17.6 Å². The zero-order chi connectivity index (χ0) is 22.1. The minimum Gasteiger partial charge on any atom is -0.342 e. The summed E-state index contributed by atoms with van der Waals surface area (Å²) >= 11 is 0. The summed E-state index contributed by atoms with van der Waals surface area (Å²) in [5, 5.41) is 3.01. The Kier molecular flexibility index (Phi) is 5.73. The number of carbonyl (C=O) groups excluding carboxylic acids is 1. The second-order valence-electron chi connectivity index (χ2n) is 8.89. The van der Waals surface area contributed by atoms with E-state index in [1.807, 2.05) is 48.5 Å². The fraction of sp³-hybridized carbons (Fsp3) is 0.417. The molecule has 1 amide bonds. The lowest BCUT2D eigenvalue weighted by Gasteiger charge is -2.30. The van der Waals surface area contributed by atoms with Gasteiger partial charge < -0.3 is 10.3 Å². The van der Waals surface area contributed by atoms with E-state index in [1.165, 1.54) is 23.6 Å². The van der Waals surface area contributed by atoms with Crippen LogP contribution in [0.25, 0.3) is 11.0 Å². The van der Waals surface area contributed by atoms with Crippen molar-refractivity contribution in [1.82, 2.24) is 14.3 Å². The molecule has 168 valence electrons. The van der Waals surface area contributed by atoms with Crippen molar-refractivity contribution in [3.05, 3.63) is 59.9 Å². The summed E-state index contributed by atoms with van der Waals surface area (Å²) in [5.74, 6) is 1.32. The predicted molar refractivity (Wildman–Crippen MR) is 125 cm³/mol. The molecular weight excluding hydrogens is 424 g/mol. The summed E-state index contributed by atoms with van der Waals surface area (Å²) in [4.78, 5) is 20.9. The lowest BCUT2D eigenvalue weighted by atomic mass is 9.85. The second-order valence-corrected chi connectivity index (χ2v) is 10.9. The Morgan fingerprint density at radius 1 is 1.06 bits per heavy atom. The molecule has 1 aliphatic carbocycles. The summed E-state index contributed by atoms with van der Waals surface area (Å²) in [5.41, 5.74) is 3.38. The van der Waals surface area contributed by atoms with Gasteiger partial charge >= 0.3 is 0 Å². The van der Waals surface area contributed by atoms with Gasteiger partial charge in [-0.2, -0.15) is 0 Å². The van der Waals surface area contributed by atoms with E-state index in [2.05, 4.69) is 15.3 Å². The van der Waals surface area contributed by atoms with Crippen molar-refractivity contribution < 1.29 is 13.2 Å². The van der Waals surface area contributed by atoms with Crippen LogP contribution in [0, 0.1) is 5.92 Å². The number of rotatable bonds is 6. The SMILES string of the molecule is O=C(Nc1ccc2nc(C3CCC3)[nH]c2c1)C1CCN(S(=O)(=O)Cc2ccccc2)CC1. The van der Waals surface area contributed by atoms with Crippen molar-refractivity contribution >= 4 is 32.7 Å². The molecule has 0 bridgehead atoms. The van der Waals surface area contributed by atoms with Gasteiger partial charge in [-0.15, -0.1) is 0 Å². The maximum Gasteiger partial charge on any atom is 0.227 e. The van der Waals surface area contributed by atoms with Crippen molar-refractivity contribution in [3.63, 3.8) is 0 Å². The molecule has 2 aliphatic rings. The molecule has 2 N–H and O–H groups in total. The molecule has 0 unspecified atom stereocenters. The fourth-order valence-corrected chi connectivity index (χ4v) is 6.06. The number of nitrogens with zero attached hydrogens (tertiary/aromatic N) is 2. The van der Waals surface area contributed by atoms with E-state index in [0.29, 0.717) is 31.8 Å². The highest BCUT2D eigenvalue weighted by Gasteiger charge is 2.31. The molecule has 0 atom stereocenters. The Bertz CT molecular complexity index is 1210. The Morgan fingerprint density at radius 2 is 1.81 bits per heavy atom. The lowest BCUT2D eigenvalue weighted by molar-refractivity contribution is -0.120. The number of hydrogen-bond donors (Lipinski definition) is 2. The van der Waals surface area contributed by atoms with Crippen LogP contribution in [0.2, 0.25) is 0 Å². The predicted octanol–water partition coefficient (Wildman–Crippen LogP) is 4.01. The number of carbonyl (C=O) groups is 1. The van der Waals surface area contributed by atoms with Gasteiger partial charge in [0.05, 0.1) is 16.8 Å². The normalized spacial score (nSPS) is 18.5. The second kappa shape index (κ2) is 8.67. The average Bonchev–Trinajstić information content (AvgIpc) is 3.15. The van der Waals surface area contributed by atoms with Gasteiger partial charge in [0.1, 0.15) is 5.82 Å². The van der Waals surface area contributed by atoms with Crippen LogP contribution in [-0.2, 0) is 20.6 Å². The number of imidazole rings is 1. The van der Waals surface area contributed by atoms with Gasteiger partial charge in [0, 0.05) is 30.6 Å². The van der Waals surface area contributed by atoms with E-state index in [1.54, 1.807) is 0 Å². The summed E-state index contributed by atoms with van der Waals surface area (Å²) in [6.45, 7) is 0.745. The number of amides is 1. The number of anilines is 1. The van der Waals surface area contributed by atoms with Gasteiger partial charge in [-0.3, -0.25) is 4.79 Å². The molecule has 32 heavy (non-hydrogen) atoms. The van der Waals surface area contributed by atoms with E-state index in [4.69, 9.17) is 0 Å². The number of aromatic amines is 1. The van der Waals surface area contributed by atoms with Crippen molar-refractivity contribution in [1.29, 1.82) is 0 Å². The van der Waals surface area contributed by atoms with E-state index < -0.39 is 10.0 Å². The first-order valence-electron chi connectivity index (χ1n) is 11.3. The summed E-state index contributed by atoms with van der Waals surface area (Å²) in [7, 11) is -3.38. The Morgan fingerprint density at radius 3 is 2.50 bits per heavy atom. The van der Waals surface area contributed by atoms with Crippen LogP contribution < -0.4 is 5.32 Å². The molecule has 1 saturated heterocycles. The van der Waals surface area contributed by atoms with Crippen molar-refractivity contribution in [2.75, 3.05) is 18.4 Å². The molecule has 0 radical (unpaired) electrons. The molecule has 1 aliphatic heterocycles. The third kappa shape index (κ3) is 4.42. The van der Waals surface area contributed by atoms with Gasteiger partial charge in [-0.25, -0.2) is 17.7 Å². The highest BCUT2D eigenvalue weighted by atomic mass is 32.2. The van der Waals surface area contributed by atoms with Crippen LogP contribution in [0.15, 0.2) is 48.5 Å². The standard InChI is InChI=1S/C24H28N4O3S/c29-24(25-20-9-10-21-22(15-20)27-23(26-21)18-7-4-8-18)19-11-13-28(14-12-19)32(30,31)16-17-5-2-1-3-6-17/h1-3,5-6,9-10,15,18-19H,4,7-8,11-14,16H2,(H,25,29)(H,26,27). The molecule has 2 heterocycles. The van der Waals surface area contributed by atoms with Gasteiger partial charge in [0.15, 0.2) is 0 Å². The fourth-order valence-electron chi connectivity index (χ4n) is 4.50. The third-order valence-electron chi connectivity index (χ3n) is 6.67. The smallest absolute Gasteiger partial charge is 0.227 e. The van der Waals surface area contributed by atoms with Crippen molar-refractivity contribution in [2.45, 2.75) is 43.8 Å². The quantitative estimate of drug-likeness (QED) is 0.591. The summed E-state index contributed by atoms with van der Waals surface area (Å²) in [6, 6.07) is 15.0. The number of aromatic nitrogens is 2. The van der Waals surface area contributed by atoms with Gasteiger partial charge in [-0.05, 0) is 49.4 Å². The largest absolute Gasteiger partial charge is 0.342 e. The first kappa shape index (κ1) is 21.2. The van der Waals surface area contributed by atoms with Gasteiger partial charge in [0.2, 0.25) is 15.9 Å². The number of piperidine rings is 1. The Labute approximate surface area is 188 Å². The van der Waals surface area contributed by atoms with Crippen LogP contribution in [-0.4, -0.2) is 41.7 Å². The minimum absolute atomic E-state index is 0.00224. The molecule has 8 heteroatoms. The highest BCUT2D eigenvalue weighted by molar-refractivity contribution is 7.88. The van der Waals surface area contributed by atoms with Gasteiger partial charge in [0.25, 0.3) is 0 Å². The molecule has 7 nitrogen and oxygen atoms in total. The minimum atomic E-state index is -3.38. The zero-order valence-corrected chi connectivity index (χ0v) is 18.8. The Balaban J connectivity index is 1.18. The number of fused-ring (bicyclic) bond motifs is 1. The number of H-pyrrole nitrogens is 1. The summed E-state index contributed by atoms with van der Waals surface area (Å²) in [6.07, 6.45) is 4.68. The molecule has 3 aromatic rings. The van der Waals surface area contributed by atoms with E-state index in [0.717, 1.165) is 28.1 Å². The topological polar surface area (TPSA) is 95.2 Å².